The molecule has 1 aliphatic heterocycles. The molecule has 1 aromatic carbocycles. The largest absolute Gasteiger partial charge is 0.346 e. The van der Waals surface area contributed by atoms with E-state index in [1.54, 1.807) is 25.2 Å². The molecule has 1 fully saturated rings. The molecule has 1 heterocycles. The Labute approximate surface area is 149 Å². The lowest BCUT2D eigenvalue weighted by molar-refractivity contribution is -0.885. The number of carbonyl (C=O) groups excluding carboxylic acids is 3. The van der Waals surface area contributed by atoms with Crippen molar-refractivity contribution in [3.63, 3.8) is 0 Å². The molecule has 0 saturated carbocycles. The zero-order valence-electron chi connectivity index (χ0n) is 13.2. The number of rotatable bonds is 5. The van der Waals surface area contributed by atoms with Gasteiger partial charge in [-0.2, -0.15) is 0 Å². The van der Waals surface area contributed by atoms with Crippen molar-refractivity contribution < 1.29 is 19.3 Å². The standard InChI is InChI=1S/C15H18Cl2N4O3/c1-20(14(24)9-21-6-5-18-12(22)8-21)7-13(23)19-15-10(16)3-2-4-11(15)17/h2-4H,5-9H2,1H3,(H,18,22)(H,19,23)/p+1. The Bertz CT molecular complexity index is 633. The molecule has 1 aliphatic rings. The molecule has 0 aliphatic carbocycles. The maximum Gasteiger partial charge on any atom is 0.277 e. The minimum atomic E-state index is -0.396. The summed E-state index contributed by atoms with van der Waals surface area (Å²) >= 11 is 12.0. The molecule has 3 amide bonds. The summed E-state index contributed by atoms with van der Waals surface area (Å²) in [6.45, 7) is 1.55. The number of nitrogens with one attached hydrogen (secondary N) is 3. The van der Waals surface area contributed by atoms with Crippen LogP contribution in [0, 0.1) is 0 Å². The molecule has 1 saturated heterocycles. The van der Waals surface area contributed by atoms with Crippen molar-refractivity contribution in [2.45, 2.75) is 0 Å². The number of halogens is 2. The summed E-state index contributed by atoms with van der Waals surface area (Å²) in [6.07, 6.45) is 0. The van der Waals surface area contributed by atoms with Crippen molar-refractivity contribution in [1.29, 1.82) is 0 Å². The van der Waals surface area contributed by atoms with Crippen LogP contribution in [0.1, 0.15) is 0 Å². The maximum absolute atomic E-state index is 12.2. The topological polar surface area (TPSA) is 82.9 Å². The van der Waals surface area contributed by atoms with Gasteiger partial charge in [0.2, 0.25) is 5.91 Å². The summed E-state index contributed by atoms with van der Waals surface area (Å²) < 4.78 is 0. The van der Waals surface area contributed by atoms with E-state index in [-0.39, 0.29) is 31.4 Å². The highest BCUT2D eigenvalue weighted by atomic mass is 35.5. The molecule has 0 radical (unpaired) electrons. The van der Waals surface area contributed by atoms with Gasteiger partial charge in [0.15, 0.2) is 13.1 Å². The van der Waals surface area contributed by atoms with Gasteiger partial charge in [-0.25, -0.2) is 0 Å². The summed E-state index contributed by atoms with van der Waals surface area (Å²) in [4.78, 5) is 37.8. The Kier molecular flexibility index (Phi) is 6.42. The highest BCUT2D eigenvalue weighted by molar-refractivity contribution is 6.39. The average Bonchev–Trinajstić information content (AvgIpc) is 2.51. The molecule has 24 heavy (non-hydrogen) atoms. The normalized spacial score (nSPS) is 17.1. The number of amides is 3. The van der Waals surface area contributed by atoms with Gasteiger partial charge in [0.1, 0.15) is 0 Å². The van der Waals surface area contributed by atoms with E-state index in [0.29, 0.717) is 28.8 Å². The molecule has 3 N–H and O–H groups in total. The van der Waals surface area contributed by atoms with Gasteiger partial charge in [0.25, 0.3) is 11.8 Å². The third-order valence-corrected chi connectivity index (χ3v) is 4.28. The predicted molar refractivity (Wildman–Crippen MR) is 91.3 cm³/mol. The Hall–Kier alpha value is -1.83. The van der Waals surface area contributed by atoms with Gasteiger partial charge in [-0.05, 0) is 12.1 Å². The molecule has 9 heteroatoms. The fraction of sp³-hybridized carbons (Fsp3) is 0.400. The van der Waals surface area contributed by atoms with Crippen LogP contribution in [0.2, 0.25) is 10.0 Å². The molecule has 7 nitrogen and oxygen atoms in total. The number of likely N-dealkylation sites (N-methyl/N-ethyl adjacent to an activating group) is 1. The third-order valence-electron chi connectivity index (χ3n) is 3.65. The van der Waals surface area contributed by atoms with E-state index >= 15 is 0 Å². The van der Waals surface area contributed by atoms with E-state index < -0.39 is 5.91 Å². The average molecular weight is 374 g/mol. The maximum atomic E-state index is 12.2. The second-order valence-corrected chi connectivity index (χ2v) is 6.41. The van der Waals surface area contributed by atoms with E-state index in [1.807, 2.05) is 0 Å². The fourth-order valence-corrected chi connectivity index (χ4v) is 2.85. The lowest BCUT2D eigenvalue weighted by Gasteiger charge is -2.25. The van der Waals surface area contributed by atoms with E-state index in [9.17, 15) is 14.4 Å². The van der Waals surface area contributed by atoms with Gasteiger partial charge < -0.3 is 20.4 Å². The van der Waals surface area contributed by atoms with Crippen molar-refractivity contribution in [1.82, 2.24) is 10.2 Å². The molecule has 0 bridgehead atoms. The number of hydrogen-bond donors (Lipinski definition) is 3. The number of quaternary nitrogens is 1. The molecular weight excluding hydrogens is 355 g/mol. The monoisotopic (exact) mass is 373 g/mol. The molecule has 1 atom stereocenters. The molecule has 1 aromatic rings. The summed E-state index contributed by atoms with van der Waals surface area (Å²) in [5.74, 6) is -0.676. The molecule has 0 spiro atoms. The molecular formula is C15H19Cl2N4O3+. The van der Waals surface area contributed by atoms with Gasteiger partial charge in [0, 0.05) is 7.05 Å². The van der Waals surface area contributed by atoms with Crippen molar-refractivity contribution in [3.05, 3.63) is 28.2 Å². The Morgan fingerprint density at radius 2 is 2.00 bits per heavy atom. The molecule has 2 rings (SSSR count). The van der Waals surface area contributed by atoms with Crippen LogP contribution in [0.15, 0.2) is 18.2 Å². The van der Waals surface area contributed by atoms with Crippen LogP contribution < -0.4 is 15.5 Å². The zero-order chi connectivity index (χ0) is 17.7. The quantitative estimate of drug-likeness (QED) is 0.644. The van der Waals surface area contributed by atoms with Crippen LogP contribution in [0.3, 0.4) is 0 Å². The van der Waals surface area contributed by atoms with Crippen molar-refractivity contribution in [2.24, 2.45) is 0 Å². The number of para-hydroxylation sites is 1. The first-order chi connectivity index (χ1) is 11.4. The van der Waals surface area contributed by atoms with Crippen molar-refractivity contribution in [2.75, 3.05) is 45.1 Å². The first kappa shape index (κ1) is 18.5. The highest BCUT2D eigenvalue weighted by Gasteiger charge is 2.24. The van der Waals surface area contributed by atoms with E-state index in [4.69, 9.17) is 23.2 Å². The van der Waals surface area contributed by atoms with Gasteiger partial charge in [-0.1, -0.05) is 29.3 Å². The first-order valence-corrected chi connectivity index (χ1v) is 8.20. The Balaban J connectivity index is 1.86. The van der Waals surface area contributed by atoms with Gasteiger partial charge in [-0.3, -0.25) is 14.4 Å². The minimum Gasteiger partial charge on any atom is -0.346 e. The summed E-state index contributed by atoms with van der Waals surface area (Å²) in [6, 6.07) is 4.90. The third kappa shape index (κ3) is 5.09. The second kappa shape index (κ2) is 8.32. The van der Waals surface area contributed by atoms with Gasteiger partial charge in [-0.15, -0.1) is 0 Å². The summed E-state index contributed by atoms with van der Waals surface area (Å²) in [5.41, 5.74) is 0.324. The first-order valence-electron chi connectivity index (χ1n) is 7.45. The number of benzene rings is 1. The number of carbonyl (C=O) groups is 3. The van der Waals surface area contributed by atoms with E-state index in [2.05, 4.69) is 10.6 Å². The molecule has 1 unspecified atom stereocenters. The number of anilines is 1. The SMILES string of the molecule is CN(CC(=O)Nc1c(Cl)cccc1Cl)C(=O)C[NH+]1CCNC(=O)C1. The highest BCUT2D eigenvalue weighted by Crippen LogP contribution is 2.29. The Morgan fingerprint density at radius 3 is 2.62 bits per heavy atom. The van der Waals surface area contributed by atoms with E-state index in [0.717, 1.165) is 4.90 Å². The van der Waals surface area contributed by atoms with Crippen LogP contribution in [-0.4, -0.2) is 62.4 Å². The fourth-order valence-electron chi connectivity index (χ4n) is 2.36. The Morgan fingerprint density at radius 1 is 1.33 bits per heavy atom. The van der Waals surface area contributed by atoms with Crippen molar-refractivity contribution in [3.8, 4) is 0 Å². The van der Waals surface area contributed by atoms with Crippen molar-refractivity contribution >= 4 is 46.6 Å². The van der Waals surface area contributed by atoms with Gasteiger partial charge >= 0.3 is 0 Å². The molecule has 0 aromatic heterocycles. The minimum absolute atomic E-state index is 0.0715. The van der Waals surface area contributed by atoms with Crippen LogP contribution in [-0.2, 0) is 14.4 Å². The van der Waals surface area contributed by atoms with E-state index in [1.165, 1.54) is 4.90 Å². The van der Waals surface area contributed by atoms with Crippen LogP contribution in [0.4, 0.5) is 5.69 Å². The van der Waals surface area contributed by atoms with Crippen LogP contribution >= 0.6 is 23.2 Å². The number of hydrogen-bond acceptors (Lipinski definition) is 3. The van der Waals surface area contributed by atoms with Crippen LogP contribution in [0.25, 0.3) is 0 Å². The summed E-state index contributed by atoms with van der Waals surface area (Å²) in [5, 5.41) is 5.97. The zero-order valence-corrected chi connectivity index (χ0v) is 14.7. The smallest absolute Gasteiger partial charge is 0.277 e. The number of nitrogens with zero attached hydrogens (tertiary/aromatic N) is 1. The lowest BCUT2D eigenvalue weighted by Crippen LogP contribution is -3.16. The lowest BCUT2D eigenvalue weighted by atomic mass is 10.3. The summed E-state index contributed by atoms with van der Waals surface area (Å²) in [7, 11) is 1.54. The molecule has 130 valence electrons. The van der Waals surface area contributed by atoms with Gasteiger partial charge in [0.05, 0.1) is 35.4 Å². The number of piperazine rings is 1. The predicted octanol–water partition coefficient (Wildman–Crippen LogP) is -0.595. The van der Waals surface area contributed by atoms with Crippen LogP contribution in [0.5, 0.6) is 0 Å². The second-order valence-electron chi connectivity index (χ2n) is 5.60.